The molecule has 14 heavy (non-hydrogen) atoms. The van der Waals surface area contributed by atoms with Gasteiger partial charge in [-0.3, -0.25) is 0 Å². The van der Waals surface area contributed by atoms with Crippen LogP contribution in [0, 0.1) is 0 Å². The average molecular weight is 216 g/mol. The van der Waals surface area contributed by atoms with E-state index in [9.17, 15) is 4.79 Å². The second kappa shape index (κ2) is 10.6. The lowest BCUT2D eigenvalue weighted by atomic mass is 10.1. The first-order chi connectivity index (χ1) is 6.77. The van der Waals surface area contributed by atoms with E-state index in [-0.39, 0.29) is 0 Å². The van der Waals surface area contributed by atoms with Gasteiger partial charge in [0.1, 0.15) is 0 Å². The van der Waals surface area contributed by atoms with Crippen molar-refractivity contribution >= 4 is 18.6 Å². The number of hydrogen-bond acceptors (Lipinski definition) is 2. The maximum Gasteiger partial charge on any atom is 0.327 e. The summed E-state index contributed by atoms with van der Waals surface area (Å²) in [5.74, 6) is 0.139. The number of hydrogen-bond donors (Lipinski definition) is 2. The molecule has 2 nitrogen and oxygen atoms in total. The van der Waals surface area contributed by atoms with E-state index in [4.69, 9.17) is 5.11 Å². The molecule has 0 aromatic carbocycles. The highest BCUT2D eigenvalue weighted by Crippen LogP contribution is 2.07. The Bertz CT molecular complexity index is 167. The van der Waals surface area contributed by atoms with Gasteiger partial charge >= 0.3 is 5.97 Å². The number of aliphatic carboxylic acids is 1. The van der Waals surface area contributed by atoms with E-state index in [0.717, 1.165) is 18.6 Å². The number of carboxylic acid groups (broad SMARTS) is 1. The van der Waals surface area contributed by atoms with E-state index in [1.807, 2.05) is 0 Å². The number of unbranched alkanes of at least 4 members (excludes halogenated alkanes) is 6. The number of thiol groups is 1. The molecule has 0 bridgehead atoms. The van der Waals surface area contributed by atoms with Crippen LogP contribution >= 0.6 is 12.6 Å². The average Bonchev–Trinajstić information content (AvgIpc) is 2.15. The van der Waals surface area contributed by atoms with Gasteiger partial charge in [0.25, 0.3) is 0 Å². The van der Waals surface area contributed by atoms with Crippen molar-refractivity contribution in [2.75, 3.05) is 5.75 Å². The van der Waals surface area contributed by atoms with E-state index in [2.05, 4.69) is 12.6 Å². The molecule has 0 aliphatic rings. The van der Waals surface area contributed by atoms with Crippen molar-refractivity contribution in [1.82, 2.24) is 0 Å². The van der Waals surface area contributed by atoms with Gasteiger partial charge in [0.2, 0.25) is 0 Å². The van der Waals surface area contributed by atoms with Gasteiger partial charge < -0.3 is 5.11 Å². The number of carbonyl (C=O) groups is 1. The summed E-state index contributed by atoms with van der Waals surface area (Å²) in [5.41, 5.74) is 0. The van der Waals surface area contributed by atoms with E-state index < -0.39 is 5.97 Å². The van der Waals surface area contributed by atoms with Gasteiger partial charge in [-0.2, -0.15) is 12.6 Å². The van der Waals surface area contributed by atoms with Gasteiger partial charge in [0.05, 0.1) is 0 Å². The first-order valence-electron chi connectivity index (χ1n) is 5.27. The molecule has 0 fully saturated rings. The third kappa shape index (κ3) is 11.6. The summed E-state index contributed by atoms with van der Waals surface area (Å²) in [5, 5.41) is 8.32. The van der Waals surface area contributed by atoms with Crippen molar-refractivity contribution < 1.29 is 9.90 Å². The summed E-state index contributed by atoms with van der Waals surface area (Å²) in [6.07, 6.45) is 11.2. The fraction of sp³-hybridized carbons (Fsp3) is 0.727. The fourth-order valence-electron chi connectivity index (χ4n) is 1.27. The van der Waals surface area contributed by atoms with Crippen molar-refractivity contribution in [3.63, 3.8) is 0 Å². The first kappa shape index (κ1) is 13.6. The van der Waals surface area contributed by atoms with Gasteiger partial charge in [-0.15, -0.1) is 0 Å². The van der Waals surface area contributed by atoms with Gasteiger partial charge in [-0.1, -0.05) is 31.8 Å². The Labute approximate surface area is 91.8 Å². The van der Waals surface area contributed by atoms with E-state index in [0.29, 0.717) is 0 Å². The molecule has 0 saturated heterocycles. The number of rotatable bonds is 9. The highest BCUT2D eigenvalue weighted by atomic mass is 32.1. The second-order valence-corrected chi connectivity index (χ2v) is 3.82. The number of allylic oxidation sites excluding steroid dienone is 1. The van der Waals surface area contributed by atoms with Crippen LogP contribution in [0.4, 0.5) is 0 Å². The van der Waals surface area contributed by atoms with Crippen LogP contribution in [0.15, 0.2) is 12.2 Å². The van der Waals surface area contributed by atoms with Crippen molar-refractivity contribution in [1.29, 1.82) is 0 Å². The van der Waals surface area contributed by atoms with Crippen molar-refractivity contribution in [2.24, 2.45) is 0 Å². The molecule has 0 amide bonds. The van der Waals surface area contributed by atoms with Crippen LogP contribution in [0.25, 0.3) is 0 Å². The summed E-state index contributed by atoms with van der Waals surface area (Å²) in [7, 11) is 0. The molecule has 82 valence electrons. The molecule has 0 aliphatic heterocycles. The Kier molecular flexibility index (Phi) is 10.3. The number of carboxylic acids is 1. The van der Waals surface area contributed by atoms with Gasteiger partial charge in [-0.25, -0.2) is 4.79 Å². The summed E-state index contributed by atoms with van der Waals surface area (Å²) in [6, 6.07) is 0. The molecular weight excluding hydrogens is 196 g/mol. The Hall–Kier alpha value is -0.440. The van der Waals surface area contributed by atoms with Crippen molar-refractivity contribution in [2.45, 2.75) is 44.9 Å². The normalized spacial score (nSPS) is 10.9. The Morgan fingerprint density at radius 1 is 1.07 bits per heavy atom. The maximum atomic E-state index is 10.1. The summed E-state index contributed by atoms with van der Waals surface area (Å²) >= 11 is 4.15. The molecule has 0 saturated carbocycles. The van der Waals surface area contributed by atoms with Crippen molar-refractivity contribution in [3.8, 4) is 0 Å². The van der Waals surface area contributed by atoms with E-state index in [1.54, 1.807) is 6.08 Å². The minimum Gasteiger partial charge on any atom is -0.478 e. The van der Waals surface area contributed by atoms with E-state index >= 15 is 0 Å². The van der Waals surface area contributed by atoms with Gasteiger partial charge in [0, 0.05) is 6.08 Å². The zero-order valence-electron chi connectivity index (χ0n) is 8.61. The quantitative estimate of drug-likeness (QED) is 0.352. The summed E-state index contributed by atoms with van der Waals surface area (Å²) in [4.78, 5) is 10.1. The molecule has 0 aromatic heterocycles. The fourth-order valence-corrected chi connectivity index (χ4v) is 1.49. The molecule has 0 unspecified atom stereocenters. The molecule has 0 atom stereocenters. The molecule has 1 N–H and O–H groups in total. The largest absolute Gasteiger partial charge is 0.478 e. The van der Waals surface area contributed by atoms with Crippen LogP contribution in [0.2, 0.25) is 0 Å². The molecule has 0 radical (unpaired) electrons. The van der Waals surface area contributed by atoms with Crippen LogP contribution < -0.4 is 0 Å². The predicted molar refractivity (Wildman–Crippen MR) is 62.9 cm³/mol. The van der Waals surface area contributed by atoms with Crippen molar-refractivity contribution in [3.05, 3.63) is 12.2 Å². The highest BCUT2D eigenvalue weighted by Gasteiger charge is 1.90. The minimum atomic E-state index is -0.848. The lowest BCUT2D eigenvalue weighted by Crippen LogP contribution is -1.85. The van der Waals surface area contributed by atoms with Crippen LogP contribution in [-0.2, 0) is 4.79 Å². The molecule has 0 rings (SSSR count). The predicted octanol–water partition coefficient (Wildman–Crippen LogP) is 3.29. The monoisotopic (exact) mass is 216 g/mol. The van der Waals surface area contributed by atoms with Gasteiger partial charge in [0.15, 0.2) is 0 Å². The zero-order valence-corrected chi connectivity index (χ0v) is 9.51. The lowest BCUT2D eigenvalue weighted by Gasteiger charge is -1.98. The molecular formula is C11H20O2S. The molecule has 0 aromatic rings. The smallest absolute Gasteiger partial charge is 0.327 e. The molecule has 0 heterocycles. The van der Waals surface area contributed by atoms with E-state index in [1.165, 1.54) is 38.2 Å². The van der Waals surface area contributed by atoms with Crippen LogP contribution in [0.1, 0.15) is 44.9 Å². The third-order valence-corrected chi connectivity index (χ3v) is 2.36. The molecule has 0 aliphatic carbocycles. The van der Waals surface area contributed by atoms with Gasteiger partial charge in [-0.05, 0) is 25.0 Å². The SMILES string of the molecule is O=C(O)C=CCCCCCCCCS. The minimum absolute atomic E-state index is 0.848. The standard InChI is InChI=1S/C11H20O2S/c12-11(13)9-7-5-3-1-2-4-6-8-10-14/h7,9,14H,1-6,8,10H2,(H,12,13). The van der Waals surface area contributed by atoms with Crippen LogP contribution in [0.5, 0.6) is 0 Å². The summed E-state index contributed by atoms with van der Waals surface area (Å²) in [6.45, 7) is 0. The second-order valence-electron chi connectivity index (χ2n) is 3.37. The maximum absolute atomic E-state index is 10.1. The third-order valence-electron chi connectivity index (χ3n) is 2.04. The highest BCUT2D eigenvalue weighted by molar-refractivity contribution is 7.80. The Balaban J connectivity index is 3.02. The Morgan fingerprint density at radius 3 is 2.21 bits per heavy atom. The van der Waals surface area contributed by atoms with Crippen LogP contribution in [0.3, 0.4) is 0 Å². The Morgan fingerprint density at radius 2 is 1.64 bits per heavy atom. The lowest BCUT2D eigenvalue weighted by molar-refractivity contribution is -0.131. The molecule has 3 heteroatoms. The topological polar surface area (TPSA) is 37.3 Å². The molecule has 0 spiro atoms. The summed E-state index contributed by atoms with van der Waals surface area (Å²) < 4.78 is 0. The van der Waals surface area contributed by atoms with Crippen LogP contribution in [-0.4, -0.2) is 16.8 Å². The first-order valence-corrected chi connectivity index (χ1v) is 5.91. The zero-order chi connectivity index (χ0) is 10.6.